The van der Waals surface area contributed by atoms with Gasteiger partial charge in [0.2, 0.25) is 5.91 Å². The number of anilines is 1. The van der Waals surface area contributed by atoms with E-state index in [2.05, 4.69) is 29.4 Å². The molecule has 0 bridgehead atoms. The largest absolute Gasteiger partial charge is 0.345 e. The molecule has 0 spiro atoms. The van der Waals surface area contributed by atoms with Crippen LogP contribution in [0.4, 0.5) is 9.52 Å². The molecule has 0 saturated carbocycles. The second-order valence-electron chi connectivity index (χ2n) is 7.10. The Hall–Kier alpha value is -1.77. The Kier molecular flexibility index (Phi) is 7.17. The number of carbonyl (C=O) groups excluding carboxylic acids is 1. The molecule has 2 heterocycles. The number of carbonyl (C=O) groups is 1. The number of nitrogens with zero attached hydrogens (tertiary/aromatic N) is 3. The van der Waals surface area contributed by atoms with Crippen LogP contribution in [-0.4, -0.2) is 54.0 Å². The number of hydrogen-bond donors (Lipinski definition) is 0. The summed E-state index contributed by atoms with van der Waals surface area (Å²) in [6, 6.07) is 12.9. The van der Waals surface area contributed by atoms with Gasteiger partial charge in [0, 0.05) is 42.4 Å². The molecule has 0 atom stereocenters. The fourth-order valence-corrected chi connectivity index (χ4v) is 5.83. The van der Waals surface area contributed by atoms with Crippen LogP contribution in [0.3, 0.4) is 0 Å². The van der Waals surface area contributed by atoms with Crippen molar-refractivity contribution in [2.75, 3.05) is 43.1 Å². The summed E-state index contributed by atoms with van der Waals surface area (Å²) in [6.45, 7) is 3.14. The molecule has 0 radical (unpaired) electrons. The fourth-order valence-electron chi connectivity index (χ4n) is 3.40. The van der Waals surface area contributed by atoms with Gasteiger partial charge in [-0.25, -0.2) is 9.37 Å². The van der Waals surface area contributed by atoms with E-state index in [1.165, 1.54) is 21.7 Å². The Bertz CT molecular complexity index is 1000. The fraction of sp³-hybridized carbons (Fsp3) is 0.364. The van der Waals surface area contributed by atoms with Gasteiger partial charge < -0.3 is 9.80 Å². The molecule has 158 valence electrons. The molecular formula is C22H24FN3OS3. The number of rotatable bonds is 7. The average molecular weight is 462 g/mol. The minimum absolute atomic E-state index is 0.218. The monoisotopic (exact) mass is 461 g/mol. The van der Waals surface area contributed by atoms with Gasteiger partial charge in [0.25, 0.3) is 0 Å². The van der Waals surface area contributed by atoms with Crippen LogP contribution >= 0.6 is 34.9 Å². The SMILES string of the molecule is CSc1ccc2nc(N3CCN(C(=O)CCCSc4ccc(F)cc4)CC3)sc2c1. The van der Waals surface area contributed by atoms with E-state index in [9.17, 15) is 9.18 Å². The number of amides is 1. The molecule has 3 aromatic rings. The van der Waals surface area contributed by atoms with Crippen molar-refractivity contribution in [3.8, 4) is 0 Å². The summed E-state index contributed by atoms with van der Waals surface area (Å²) in [5.41, 5.74) is 1.05. The van der Waals surface area contributed by atoms with Gasteiger partial charge in [-0.1, -0.05) is 11.3 Å². The quantitative estimate of drug-likeness (QED) is 0.349. The third-order valence-corrected chi connectivity index (χ3v) is 8.01. The first-order valence-corrected chi connectivity index (χ1v) is 13.0. The number of thiazole rings is 1. The van der Waals surface area contributed by atoms with Crippen LogP contribution in [0, 0.1) is 5.82 Å². The molecule has 8 heteroatoms. The molecule has 30 heavy (non-hydrogen) atoms. The zero-order valence-corrected chi connectivity index (χ0v) is 19.3. The third kappa shape index (κ3) is 5.28. The molecule has 4 rings (SSSR count). The van der Waals surface area contributed by atoms with Gasteiger partial charge in [0.1, 0.15) is 5.82 Å². The van der Waals surface area contributed by atoms with Gasteiger partial charge in [0.15, 0.2) is 5.13 Å². The summed E-state index contributed by atoms with van der Waals surface area (Å²) < 4.78 is 14.2. The highest BCUT2D eigenvalue weighted by atomic mass is 32.2. The summed E-state index contributed by atoms with van der Waals surface area (Å²) in [6.07, 6.45) is 3.48. The first-order valence-electron chi connectivity index (χ1n) is 9.98. The predicted molar refractivity (Wildman–Crippen MR) is 127 cm³/mol. The van der Waals surface area contributed by atoms with Crippen LogP contribution in [0.5, 0.6) is 0 Å². The van der Waals surface area contributed by atoms with Gasteiger partial charge in [-0.15, -0.1) is 23.5 Å². The summed E-state index contributed by atoms with van der Waals surface area (Å²) in [4.78, 5) is 23.9. The van der Waals surface area contributed by atoms with Gasteiger partial charge in [-0.2, -0.15) is 0 Å². The maximum atomic E-state index is 12.9. The number of aromatic nitrogens is 1. The van der Waals surface area contributed by atoms with E-state index in [1.54, 1.807) is 47.0 Å². The van der Waals surface area contributed by atoms with Crippen molar-refractivity contribution >= 4 is 56.1 Å². The van der Waals surface area contributed by atoms with Gasteiger partial charge >= 0.3 is 0 Å². The Morgan fingerprint density at radius 3 is 2.57 bits per heavy atom. The molecule has 0 aliphatic carbocycles. The first kappa shape index (κ1) is 21.5. The van der Waals surface area contributed by atoms with E-state index >= 15 is 0 Å². The van der Waals surface area contributed by atoms with Crippen molar-refractivity contribution in [1.29, 1.82) is 0 Å². The zero-order valence-electron chi connectivity index (χ0n) is 16.8. The lowest BCUT2D eigenvalue weighted by Gasteiger charge is -2.34. The van der Waals surface area contributed by atoms with Gasteiger partial charge in [-0.05, 0) is 60.9 Å². The van der Waals surface area contributed by atoms with Crippen molar-refractivity contribution in [3.63, 3.8) is 0 Å². The lowest BCUT2D eigenvalue weighted by atomic mass is 10.2. The number of halogens is 1. The maximum absolute atomic E-state index is 12.9. The highest BCUT2D eigenvalue weighted by Crippen LogP contribution is 2.32. The molecule has 0 unspecified atom stereocenters. The van der Waals surface area contributed by atoms with Gasteiger partial charge in [-0.3, -0.25) is 4.79 Å². The second kappa shape index (κ2) is 10.0. The van der Waals surface area contributed by atoms with Crippen molar-refractivity contribution in [1.82, 2.24) is 9.88 Å². The number of hydrogen-bond acceptors (Lipinski definition) is 6. The lowest BCUT2D eigenvalue weighted by molar-refractivity contribution is -0.131. The first-order chi connectivity index (χ1) is 14.6. The number of thioether (sulfide) groups is 2. The highest BCUT2D eigenvalue weighted by Gasteiger charge is 2.22. The summed E-state index contributed by atoms with van der Waals surface area (Å²) >= 11 is 5.14. The van der Waals surface area contributed by atoms with Crippen molar-refractivity contribution < 1.29 is 9.18 Å². The van der Waals surface area contributed by atoms with Crippen LogP contribution in [-0.2, 0) is 4.79 Å². The molecule has 0 N–H and O–H groups in total. The highest BCUT2D eigenvalue weighted by molar-refractivity contribution is 7.99. The summed E-state index contributed by atoms with van der Waals surface area (Å²) in [5, 5.41) is 1.05. The van der Waals surface area contributed by atoms with E-state index < -0.39 is 0 Å². The van der Waals surface area contributed by atoms with Crippen LogP contribution in [0.1, 0.15) is 12.8 Å². The van der Waals surface area contributed by atoms with Crippen molar-refractivity contribution in [2.45, 2.75) is 22.6 Å². The summed E-state index contributed by atoms with van der Waals surface area (Å²) in [5.74, 6) is 0.869. The van der Waals surface area contributed by atoms with E-state index in [0.29, 0.717) is 6.42 Å². The smallest absolute Gasteiger partial charge is 0.222 e. The molecule has 1 aliphatic rings. The zero-order chi connectivity index (χ0) is 20.9. The van der Waals surface area contributed by atoms with Crippen LogP contribution in [0.25, 0.3) is 10.2 Å². The van der Waals surface area contributed by atoms with Crippen LogP contribution in [0.15, 0.2) is 52.3 Å². The molecule has 1 saturated heterocycles. The Morgan fingerprint density at radius 1 is 1.10 bits per heavy atom. The predicted octanol–water partition coefficient (Wildman–Crippen LogP) is 5.38. The number of fused-ring (bicyclic) bond motifs is 1. The molecule has 1 amide bonds. The molecule has 1 aliphatic heterocycles. The van der Waals surface area contributed by atoms with E-state index in [4.69, 9.17) is 4.98 Å². The molecule has 4 nitrogen and oxygen atoms in total. The Balaban J connectivity index is 1.23. The van der Waals surface area contributed by atoms with Crippen molar-refractivity contribution in [3.05, 3.63) is 48.3 Å². The minimum atomic E-state index is -0.218. The van der Waals surface area contributed by atoms with Gasteiger partial charge in [0.05, 0.1) is 10.2 Å². The van der Waals surface area contributed by atoms with E-state index in [1.807, 2.05) is 4.90 Å². The molecule has 1 fully saturated rings. The van der Waals surface area contributed by atoms with E-state index in [0.717, 1.165) is 53.9 Å². The standard InChI is InChI=1S/C22H24FN3OS3/c1-28-18-8-9-19-20(15-18)30-22(24-19)26-12-10-25(11-13-26)21(27)3-2-14-29-17-6-4-16(23)5-7-17/h4-9,15H,2-3,10-14H2,1H3. The lowest BCUT2D eigenvalue weighted by Crippen LogP contribution is -2.48. The molecule has 1 aromatic heterocycles. The van der Waals surface area contributed by atoms with Crippen molar-refractivity contribution in [2.24, 2.45) is 0 Å². The minimum Gasteiger partial charge on any atom is -0.345 e. The normalized spacial score (nSPS) is 14.5. The number of piperazine rings is 1. The van der Waals surface area contributed by atoms with Crippen LogP contribution < -0.4 is 4.90 Å². The number of benzene rings is 2. The average Bonchev–Trinajstić information content (AvgIpc) is 3.21. The maximum Gasteiger partial charge on any atom is 0.222 e. The Morgan fingerprint density at radius 2 is 1.83 bits per heavy atom. The molecular weight excluding hydrogens is 437 g/mol. The second-order valence-corrected chi connectivity index (χ2v) is 10.2. The topological polar surface area (TPSA) is 36.4 Å². The van der Waals surface area contributed by atoms with E-state index in [-0.39, 0.29) is 11.7 Å². The molecule has 2 aromatic carbocycles. The third-order valence-electron chi connectivity index (χ3n) is 5.10. The summed E-state index contributed by atoms with van der Waals surface area (Å²) in [7, 11) is 0. The van der Waals surface area contributed by atoms with Crippen LogP contribution in [0.2, 0.25) is 0 Å². The Labute approximate surface area is 188 Å².